The van der Waals surface area contributed by atoms with Crippen LogP contribution in [0.15, 0.2) is 11.5 Å². The number of rotatable bonds is 21. The first-order valence-electron chi connectivity index (χ1n) is 13.0. The van der Waals surface area contributed by atoms with Gasteiger partial charge >= 0.3 is 101 Å². The molecule has 11 nitrogen and oxygen atoms in total. The Labute approximate surface area is 298 Å². The molecule has 210 valence electrons. The zero-order valence-corrected chi connectivity index (χ0v) is 31.0. The minimum atomic E-state index is -5.72. The summed E-state index contributed by atoms with van der Waals surface area (Å²) in [4.78, 5) is 44.6. The van der Waals surface area contributed by atoms with Crippen LogP contribution in [0.3, 0.4) is 0 Å². The average Bonchev–Trinajstić information content (AvgIpc) is 3.08. The van der Waals surface area contributed by atoms with E-state index in [4.69, 9.17) is 0 Å². The number of phosphoric ester groups is 1. The van der Waals surface area contributed by atoms with Gasteiger partial charge < -0.3 is 43.7 Å². The Hall–Kier alpha value is 1.35. The van der Waals surface area contributed by atoms with Crippen molar-refractivity contribution in [3.8, 4) is 0 Å². The van der Waals surface area contributed by atoms with E-state index in [2.05, 4.69) is 20.9 Å². The maximum Gasteiger partial charge on any atom is 1.00 e. The number of unbranched alkanes of at least 4 members (excludes halogenated alkanes) is 14. The SMILES string of the molecule is CCCCCCCCCCCCCCCCCC(=O)OC(O)[C@H](O)[C@H]1OC(=O)C(OP(=O)([O-])[O-])=C1[O-].[Na+].[Na+].[Na+]. The quantitative estimate of drug-likeness (QED) is 0.0417. The molecular weight excluding hydrogens is 564 g/mol. The van der Waals surface area contributed by atoms with Gasteiger partial charge in [-0.15, -0.1) is 0 Å². The fourth-order valence-electron chi connectivity index (χ4n) is 3.92. The van der Waals surface area contributed by atoms with Gasteiger partial charge in [0.1, 0.15) is 13.9 Å². The molecule has 0 aromatic heterocycles. The van der Waals surface area contributed by atoms with E-state index in [1.54, 1.807) is 0 Å². The maximum atomic E-state index is 11.9. The van der Waals surface area contributed by atoms with Crippen molar-refractivity contribution < 1.29 is 142 Å². The van der Waals surface area contributed by atoms with E-state index < -0.39 is 49.8 Å². The summed E-state index contributed by atoms with van der Waals surface area (Å²) in [6.45, 7) is 2.23. The number of cyclic esters (lactones) is 1. The molecule has 0 aromatic carbocycles. The van der Waals surface area contributed by atoms with E-state index in [-0.39, 0.29) is 95.1 Å². The third-order valence-corrected chi connectivity index (χ3v) is 6.35. The largest absolute Gasteiger partial charge is 1.00 e. The number of phosphoric acid groups is 1. The number of aliphatic hydroxyl groups excluding tert-OH is 2. The van der Waals surface area contributed by atoms with Crippen molar-refractivity contribution in [1.82, 2.24) is 0 Å². The standard InChI is InChI=1S/C24H43O11P.3Na/c1-2-3-4-5-6-7-8-9-10-11-12-13-14-15-16-17-18(25)33-23(28)20(27)21-19(26)22(24(29)34-21)35-36(30,31)32;;;/h20-21,23,26-28H,2-17H2,1H3,(H2,30,31,32);;;/q;3*+1/p-3/t20-,21+,23?;;;/m1.../s1. The molecular formula is C24H40Na3O11P. The number of esters is 2. The molecule has 0 saturated heterocycles. The molecule has 0 aliphatic carbocycles. The van der Waals surface area contributed by atoms with Crippen LogP contribution in [0.2, 0.25) is 0 Å². The third kappa shape index (κ3) is 20.8. The normalized spacial score (nSPS) is 16.3. The molecule has 1 aliphatic heterocycles. The zero-order valence-electron chi connectivity index (χ0n) is 24.1. The van der Waals surface area contributed by atoms with Gasteiger partial charge in [0.05, 0.1) is 0 Å². The molecule has 1 unspecified atom stereocenters. The van der Waals surface area contributed by atoms with Gasteiger partial charge in [0.2, 0.25) is 12.0 Å². The Morgan fingerprint density at radius 3 is 1.69 bits per heavy atom. The molecule has 0 saturated carbocycles. The van der Waals surface area contributed by atoms with Crippen molar-refractivity contribution in [2.24, 2.45) is 0 Å². The number of ether oxygens (including phenoxy) is 2. The summed E-state index contributed by atoms with van der Waals surface area (Å²) in [5.74, 6) is -5.30. The third-order valence-electron chi connectivity index (χ3n) is 5.94. The van der Waals surface area contributed by atoms with Gasteiger partial charge in [-0.3, -0.25) is 4.79 Å². The summed E-state index contributed by atoms with van der Waals surface area (Å²) < 4.78 is 23.4. The van der Waals surface area contributed by atoms with Gasteiger partial charge in [-0.05, 0) is 12.2 Å². The summed E-state index contributed by atoms with van der Waals surface area (Å²) in [6.07, 6.45) is 11.0. The molecule has 0 amide bonds. The van der Waals surface area contributed by atoms with Crippen LogP contribution in [0.4, 0.5) is 0 Å². The molecule has 0 bridgehead atoms. The van der Waals surface area contributed by atoms with Crippen LogP contribution >= 0.6 is 7.82 Å². The molecule has 3 atom stereocenters. The van der Waals surface area contributed by atoms with Gasteiger partial charge in [0.25, 0.3) is 0 Å². The van der Waals surface area contributed by atoms with Crippen LogP contribution in [0, 0.1) is 0 Å². The van der Waals surface area contributed by atoms with Crippen LogP contribution in [0.25, 0.3) is 0 Å². The predicted molar refractivity (Wildman–Crippen MR) is 123 cm³/mol. The first-order chi connectivity index (χ1) is 17.1. The Morgan fingerprint density at radius 2 is 1.28 bits per heavy atom. The zero-order chi connectivity index (χ0) is 27.0. The number of carbonyl (C=O) groups is 2. The van der Waals surface area contributed by atoms with Crippen molar-refractivity contribution in [3.05, 3.63) is 11.5 Å². The topological polar surface area (TPSA) is 189 Å². The van der Waals surface area contributed by atoms with Gasteiger partial charge in [0.15, 0.2) is 6.10 Å². The Balaban J connectivity index is -0.00000432. The second-order valence-corrected chi connectivity index (χ2v) is 10.2. The minimum Gasteiger partial charge on any atom is -0.870 e. The monoisotopic (exact) mass is 604 g/mol. The fourth-order valence-corrected chi connectivity index (χ4v) is 4.31. The molecule has 15 heteroatoms. The fraction of sp³-hybridized carbons (Fsp3) is 0.833. The summed E-state index contributed by atoms with van der Waals surface area (Å²) in [5, 5.41) is 31.7. The molecule has 0 fully saturated rings. The number of hydrogen-bond acceptors (Lipinski definition) is 11. The first-order valence-corrected chi connectivity index (χ1v) is 14.4. The summed E-state index contributed by atoms with van der Waals surface area (Å²) in [6, 6.07) is 0. The van der Waals surface area contributed by atoms with E-state index in [9.17, 15) is 39.3 Å². The smallest absolute Gasteiger partial charge is 0.870 e. The number of aliphatic hydroxyl groups is 2. The Kier molecular flexibility index (Phi) is 29.6. The van der Waals surface area contributed by atoms with Crippen LogP contribution in [0.5, 0.6) is 0 Å². The van der Waals surface area contributed by atoms with Gasteiger partial charge in [-0.25, -0.2) is 4.79 Å². The first kappa shape index (κ1) is 44.8. The molecule has 1 aliphatic rings. The van der Waals surface area contributed by atoms with Crippen molar-refractivity contribution in [3.63, 3.8) is 0 Å². The van der Waals surface area contributed by atoms with Crippen molar-refractivity contribution in [1.29, 1.82) is 0 Å². The van der Waals surface area contributed by atoms with Crippen molar-refractivity contribution in [2.45, 2.75) is 128 Å². The minimum absolute atomic E-state index is 0. The predicted octanol–water partition coefficient (Wildman–Crippen LogP) is -7.18. The van der Waals surface area contributed by atoms with E-state index >= 15 is 0 Å². The van der Waals surface area contributed by atoms with Crippen LogP contribution in [-0.4, -0.2) is 40.6 Å². The van der Waals surface area contributed by atoms with Gasteiger partial charge in [0, 0.05) is 6.42 Å². The maximum absolute atomic E-state index is 11.9. The Morgan fingerprint density at radius 1 is 0.872 bits per heavy atom. The van der Waals surface area contributed by atoms with E-state index in [0.717, 1.165) is 25.7 Å². The van der Waals surface area contributed by atoms with E-state index in [0.29, 0.717) is 6.42 Å². The van der Waals surface area contributed by atoms with E-state index in [1.807, 2.05) is 0 Å². The van der Waals surface area contributed by atoms with Crippen molar-refractivity contribution in [2.75, 3.05) is 0 Å². The van der Waals surface area contributed by atoms with Crippen LogP contribution in [0.1, 0.15) is 110 Å². The summed E-state index contributed by atoms with van der Waals surface area (Å²) >= 11 is 0. The van der Waals surface area contributed by atoms with Crippen LogP contribution < -0.4 is 104 Å². The van der Waals surface area contributed by atoms with Gasteiger partial charge in [-0.2, -0.15) is 0 Å². The molecule has 1 rings (SSSR count). The molecule has 1 heterocycles. The van der Waals surface area contributed by atoms with E-state index in [1.165, 1.54) is 64.2 Å². The summed E-state index contributed by atoms with van der Waals surface area (Å²) in [5.41, 5.74) is 0. The number of carbonyl (C=O) groups excluding carboxylic acids is 2. The Bertz CT molecular complexity index is 749. The van der Waals surface area contributed by atoms with Gasteiger partial charge in [-0.1, -0.05) is 96.8 Å². The molecule has 0 aromatic rings. The van der Waals surface area contributed by atoms with Crippen molar-refractivity contribution >= 4 is 19.8 Å². The molecule has 0 radical (unpaired) electrons. The second kappa shape index (κ2) is 25.8. The molecule has 0 spiro atoms. The molecule has 39 heavy (non-hydrogen) atoms. The number of hydrogen-bond donors (Lipinski definition) is 2. The summed E-state index contributed by atoms with van der Waals surface area (Å²) in [7, 11) is -5.72. The average molecular weight is 605 g/mol. The second-order valence-electron chi connectivity index (χ2n) is 9.13. The van der Waals surface area contributed by atoms with Crippen LogP contribution in [-0.2, 0) is 28.2 Å². The molecule has 2 N–H and O–H groups in total.